The Balaban J connectivity index is 1.77. The molecule has 10 heteroatoms. The van der Waals surface area contributed by atoms with E-state index in [4.69, 9.17) is 5.73 Å². The Morgan fingerprint density at radius 2 is 1.85 bits per heavy atom. The Labute approximate surface area is 199 Å². The molecule has 174 valence electrons. The summed E-state index contributed by atoms with van der Waals surface area (Å²) in [5, 5.41) is 0.722. The van der Waals surface area contributed by atoms with Gasteiger partial charge in [0.05, 0.1) is 33.5 Å². The first-order chi connectivity index (χ1) is 16.3. The molecule has 0 radical (unpaired) electrons. The molecule has 1 unspecified atom stereocenters. The molecule has 34 heavy (non-hydrogen) atoms. The van der Waals surface area contributed by atoms with Gasteiger partial charge in [0.1, 0.15) is 0 Å². The third kappa shape index (κ3) is 4.58. The van der Waals surface area contributed by atoms with Crippen molar-refractivity contribution >= 4 is 33.5 Å². The van der Waals surface area contributed by atoms with Crippen LogP contribution in [0.5, 0.6) is 0 Å². The van der Waals surface area contributed by atoms with Gasteiger partial charge in [-0.15, -0.1) is 0 Å². The van der Waals surface area contributed by atoms with E-state index in [2.05, 4.69) is 21.9 Å². The standard InChI is InChI=1S/C24H24N6O3S/c1-4-15-7-8-26-19(9-15)17-11-27-24(28-12-17)30-13-21(34(3)33)18-6-5-16(10-20(18)30)23(32)29(2)14-22(25)31/h5-13H,4,14H2,1-3H3,(H2,25,31). The van der Waals surface area contributed by atoms with E-state index >= 15 is 0 Å². The zero-order valence-electron chi connectivity index (χ0n) is 19.1. The van der Waals surface area contributed by atoms with Crippen LogP contribution < -0.4 is 5.73 Å². The van der Waals surface area contributed by atoms with Crippen LogP contribution in [0.1, 0.15) is 22.8 Å². The third-order valence-electron chi connectivity index (χ3n) is 5.45. The average Bonchev–Trinajstić information content (AvgIpc) is 3.22. The summed E-state index contributed by atoms with van der Waals surface area (Å²) in [5.41, 5.74) is 8.93. The second-order valence-electron chi connectivity index (χ2n) is 7.85. The van der Waals surface area contributed by atoms with Gasteiger partial charge in [-0.25, -0.2) is 9.97 Å². The smallest absolute Gasteiger partial charge is 0.254 e. The summed E-state index contributed by atoms with van der Waals surface area (Å²) in [6.07, 6.45) is 9.35. The number of carbonyl (C=O) groups is 2. The van der Waals surface area contributed by atoms with E-state index in [0.717, 1.165) is 23.1 Å². The second kappa shape index (κ2) is 9.52. The van der Waals surface area contributed by atoms with Crippen LogP contribution in [0.3, 0.4) is 0 Å². The third-order valence-corrected chi connectivity index (χ3v) is 6.39. The van der Waals surface area contributed by atoms with E-state index < -0.39 is 16.7 Å². The largest absolute Gasteiger partial charge is 0.368 e. The Bertz CT molecular complexity index is 1410. The molecular weight excluding hydrogens is 452 g/mol. The quantitative estimate of drug-likeness (QED) is 0.437. The van der Waals surface area contributed by atoms with Crippen molar-refractivity contribution in [2.24, 2.45) is 5.73 Å². The topological polar surface area (TPSA) is 124 Å². The number of benzene rings is 1. The summed E-state index contributed by atoms with van der Waals surface area (Å²) in [7, 11) is 0.235. The molecule has 4 aromatic rings. The molecule has 3 heterocycles. The molecule has 0 aliphatic heterocycles. The number of nitrogens with two attached hydrogens (primary N) is 1. The Morgan fingerprint density at radius 3 is 2.50 bits per heavy atom. The number of likely N-dealkylation sites (N-methyl/N-ethyl adjacent to an activating group) is 1. The van der Waals surface area contributed by atoms with Crippen LogP contribution in [0.4, 0.5) is 0 Å². The van der Waals surface area contributed by atoms with E-state index in [1.54, 1.807) is 53.8 Å². The molecule has 4 rings (SSSR count). The summed E-state index contributed by atoms with van der Waals surface area (Å²) in [6, 6.07) is 9.02. The van der Waals surface area contributed by atoms with Crippen LogP contribution >= 0.6 is 0 Å². The van der Waals surface area contributed by atoms with Crippen molar-refractivity contribution in [3.63, 3.8) is 0 Å². The minimum atomic E-state index is -1.27. The molecule has 0 aliphatic rings. The van der Waals surface area contributed by atoms with E-state index in [9.17, 15) is 13.8 Å². The molecular formula is C24H24N6O3S. The molecule has 0 fully saturated rings. The minimum Gasteiger partial charge on any atom is -0.368 e. The number of aryl methyl sites for hydroxylation is 1. The summed E-state index contributed by atoms with van der Waals surface area (Å²) in [6.45, 7) is 1.88. The number of carbonyl (C=O) groups excluding carboxylic acids is 2. The number of nitrogens with zero attached hydrogens (tertiary/aromatic N) is 5. The van der Waals surface area contributed by atoms with Crippen molar-refractivity contribution in [1.29, 1.82) is 0 Å². The molecule has 0 spiro atoms. The summed E-state index contributed by atoms with van der Waals surface area (Å²) in [5.74, 6) is -0.589. The monoisotopic (exact) mass is 476 g/mol. The fraction of sp³-hybridized carbons (Fsp3) is 0.208. The summed E-state index contributed by atoms with van der Waals surface area (Å²) >= 11 is 0. The normalized spacial score (nSPS) is 12.0. The number of hydrogen-bond acceptors (Lipinski definition) is 6. The highest BCUT2D eigenvalue weighted by molar-refractivity contribution is 7.84. The van der Waals surface area contributed by atoms with Crippen LogP contribution in [0.15, 0.2) is 60.0 Å². The van der Waals surface area contributed by atoms with Crippen molar-refractivity contribution in [3.8, 4) is 17.2 Å². The lowest BCUT2D eigenvalue weighted by Gasteiger charge is -2.15. The molecule has 0 saturated carbocycles. The molecule has 3 aromatic heterocycles. The van der Waals surface area contributed by atoms with Gasteiger partial charge in [-0.05, 0) is 36.2 Å². The van der Waals surface area contributed by atoms with Crippen molar-refractivity contribution < 1.29 is 13.8 Å². The lowest BCUT2D eigenvalue weighted by Crippen LogP contribution is -2.35. The van der Waals surface area contributed by atoms with Crippen molar-refractivity contribution in [2.75, 3.05) is 19.8 Å². The van der Waals surface area contributed by atoms with Crippen molar-refractivity contribution in [1.82, 2.24) is 24.4 Å². The van der Waals surface area contributed by atoms with Gasteiger partial charge in [0.15, 0.2) is 0 Å². The zero-order valence-corrected chi connectivity index (χ0v) is 19.9. The first-order valence-electron chi connectivity index (χ1n) is 10.6. The fourth-order valence-corrected chi connectivity index (χ4v) is 4.42. The lowest BCUT2D eigenvalue weighted by molar-refractivity contribution is -0.118. The average molecular weight is 477 g/mol. The molecule has 1 atom stereocenters. The van der Waals surface area contributed by atoms with Crippen molar-refractivity contribution in [2.45, 2.75) is 18.2 Å². The molecule has 2 N–H and O–H groups in total. The maximum atomic E-state index is 12.8. The predicted molar refractivity (Wildman–Crippen MR) is 130 cm³/mol. The molecule has 2 amide bonds. The fourth-order valence-electron chi connectivity index (χ4n) is 3.68. The van der Waals surface area contributed by atoms with Crippen LogP contribution in [-0.2, 0) is 22.0 Å². The SMILES string of the molecule is CCc1ccnc(-c2cnc(-n3cc(S(C)=O)c4ccc(C(=O)N(C)CC(N)=O)cc43)nc2)c1. The molecule has 9 nitrogen and oxygen atoms in total. The van der Waals surface area contributed by atoms with E-state index in [0.29, 0.717) is 21.9 Å². The first kappa shape index (κ1) is 23.2. The maximum Gasteiger partial charge on any atom is 0.254 e. The van der Waals surface area contributed by atoms with Gasteiger partial charge in [0, 0.05) is 54.6 Å². The van der Waals surface area contributed by atoms with Gasteiger partial charge in [0.2, 0.25) is 11.9 Å². The summed E-state index contributed by atoms with van der Waals surface area (Å²) in [4.78, 5) is 39.3. The number of aromatic nitrogens is 4. The van der Waals surface area contributed by atoms with Crippen LogP contribution in [0.2, 0.25) is 0 Å². The first-order valence-corrected chi connectivity index (χ1v) is 12.1. The highest BCUT2D eigenvalue weighted by Crippen LogP contribution is 2.28. The highest BCUT2D eigenvalue weighted by Gasteiger charge is 2.19. The van der Waals surface area contributed by atoms with Gasteiger partial charge < -0.3 is 10.6 Å². The van der Waals surface area contributed by atoms with Gasteiger partial charge in [-0.3, -0.25) is 23.3 Å². The number of amides is 2. The molecule has 1 aromatic carbocycles. The van der Waals surface area contributed by atoms with Crippen molar-refractivity contribution in [3.05, 3.63) is 66.2 Å². The maximum absolute atomic E-state index is 12.8. The van der Waals surface area contributed by atoms with Crippen LogP contribution in [0, 0.1) is 0 Å². The molecule has 0 saturated heterocycles. The van der Waals surface area contributed by atoms with Gasteiger partial charge in [-0.2, -0.15) is 0 Å². The van der Waals surface area contributed by atoms with Gasteiger partial charge in [-0.1, -0.05) is 13.0 Å². The zero-order chi connectivity index (χ0) is 24.4. The van der Waals surface area contributed by atoms with E-state index in [-0.39, 0.29) is 12.5 Å². The number of hydrogen-bond donors (Lipinski definition) is 1. The van der Waals surface area contributed by atoms with Gasteiger partial charge in [0.25, 0.3) is 5.91 Å². The Hall–Kier alpha value is -3.92. The Kier molecular flexibility index (Phi) is 6.51. The highest BCUT2D eigenvalue weighted by atomic mass is 32.2. The Morgan fingerprint density at radius 1 is 1.12 bits per heavy atom. The van der Waals surface area contributed by atoms with Gasteiger partial charge >= 0.3 is 0 Å². The number of rotatable bonds is 7. The van der Waals surface area contributed by atoms with E-state index in [1.165, 1.54) is 17.5 Å². The van der Waals surface area contributed by atoms with E-state index in [1.807, 2.05) is 12.1 Å². The van der Waals surface area contributed by atoms with Crippen LogP contribution in [0.25, 0.3) is 28.1 Å². The predicted octanol–water partition coefficient (Wildman–Crippen LogP) is 2.34. The number of primary amides is 1. The lowest BCUT2D eigenvalue weighted by atomic mass is 10.1. The molecule has 0 aliphatic carbocycles. The van der Waals surface area contributed by atoms with Crippen LogP contribution in [-0.4, -0.2) is 60.3 Å². The number of fused-ring (bicyclic) bond motifs is 1. The summed E-state index contributed by atoms with van der Waals surface area (Å²) < 4.78 is 14.1. The molecule has 0 bridgehead atoms. The minimum absolute atomic E-state index is 0.194. The second-order valence-corrected chi connectivity index (χ2v) is 9.20. The number of pyridine rings is 1.